The molecule has 1 aromatic heterocycles. The van der Waals surface area contributed by atoms with Crippen molar-refractivity contribution in [3.63, 3.8) is 0 Å². The van der Waals surface area contributed by atoms with Crippen LogP contribution >= 0.6 is 0 Å². The van der Waals surface area contributed by atoms with Gasteiger partial charge in [0, 0.05) is 6.42 Å². The summed E-state index contributed by atoms with van der Waals surface area (Å²) in [6, 6.07) is 0.0416. The van der Waals surface area contributed by atoms with Gasteiger partial charge in [-0.2, -0.15) is 4.98 Å². The van der Waals surface area contributed by atoms with Crippen LogP contribution in [0.1, 0.15) is 12.1 Å². The summed E-state index contributed by atoms with van der Waals surface area (Å²) in [6.07, 6.45) is 0.332. The van der Waals surface area contributed by atoms with Gasteiger partial charge in [0.05, 0.1) is 5.69 Å². The molecule has 8 heteroatoms. The van der Waals surface area contributed by atoms with Crippen LogP contribution in [0.5, 0.6) is 0 Å². The van der Waals surface area contributed by atoms with Crippen molar-refractivity contribution in [1.29, 1.82) is 0 Å². The lowest BCUT2D eigenvalue weighted by Gasteiger charge is -2.05. The molecule has 1 aromatic rings. The minimum Gasteiger partial charge on any atom is -0.477 e. The third kappa shape index (κ3) is 2.41. The Balaban J connectivity index is 1.93. The fourth-order valence-corrected chi connectivity index (χ4v) is 1.24. The van der Waals surface area contributed by atoms with E-state index in [0.717, 1.165) is 0 Å². The zero-order chi connectivity index (χ0) is 12.4. The smallest absolute Gasteiger partial charge is 0.353 e. The Hall–Kier alpha value is -2.38. The second-order valence-corrected chi connectivity index (χ2v) is 3.42. The Kier molecular flexibility index (Phi) is 2.77. The van der Waals surface area contributed by atoms with E-state index < -0.39 is 18.0 Å². The second-order valence-electron chi connectivity index (χ2n) is 3.42. The highest BCUT2D eigenvalue weighted by molar-refractivity contribution is 6.36. The number of anilines is 1. The van der Waals surface area contributed by atoms with E-state index in [9.17, 15) is 9.59 Å². The van der Waals surface area contributed by atoms with Crippen LogP contribution in [0.25, 0.3) is 0 Å². The zero-order valence-corrected chi connectivity index (χ0v) is 8.84. The molecule has 1 unspecified atom stereocenters. The van der Waals surface area contributed by atoms with E-state index in [4.69, 9.17) is 14.4 Å². The van der Waals surface area contributed by atoms with Crippen molar-refractivity contribution in [1.82, 2.24) is 4.98 Å². The minimum absolute atomic E-state index is 0.0416. The number of nitrogens with zero attached hydrogens (tertiary/aromatic N) is 2. The van der Waals surface area contributed by atoms with E-state index in [1.54, 1.807) is 6.92 Å². The molecule has 0 saturated carbocycles. The number of hydrogen-bond donors (Lipinski definition) is 2. The summed E-state index contributed by atoms with van der Waals surface area (Å²) in [5, 5.41) is 14.3. The van der Waals surface area contributed by atoms with Crippen LogP contribution in [0, 0.1) is 6.92 Å². The number of aliphatic carboxylic acids is 1. The van der Waals surface area contributed by atoms with Crippen molar-refractivity contribution < 1.29 is 24.0 Å². The van der Waals surface area contributed by atoms with Gasteiger partial charge >= 0.3 is 12.0 Å². The van der Waals surface area contributed by atoms with Crippen molar-refractivity contribution in [2.45, 2.75) is 19.4 Å². The van der Waals surface area contributed by atoms with E-state index >= 15 is 0 Å². The van der Waals surface area contributed by atoms with Gasteiger partial charge in [-0.1, -0.05) is 5.16 Å². The van der Waals surface area contributed by atoms with Crippen molar-refractivity contribution in [2.24, 2.45) is 5.16 Å². The summed E-state index contributed by atoms with van der Waals surface area (Å²) in [7, 11) is 0. The van der Waals surface area contributed by atoms with Crippen molar-refractivity contribution in [3.8, 4) is 0 Å². The largest absolute Gasteiger partial charge is 0.477 e. The van der Waals surface area contributed by atoms with Crippen molar-refractivity contribution >= 4 is 23.6 Å². The van der Waals surface area contributed by atoms with Crippen LogP contribution in [0.15, 0.2) is 15.8 Å². The van der Waals surface area contributed by atoms with E-state index in [0.29, 0.717) is 5.69 Å². The van der Waals surface area contributed by atoms with Gasteiger partial charge < -0.3 is 14.4 Å². The monoisotopic (exact) mass is 239 g/mol. The van der Waals surface area contributed by atoms with Gasteiger partial charge in [0.1, 0.15) is 6.26 Å². The standard InChI is InChI=1S/C9H9N3O5/c1-4-3-16-9(10-4)11-7(13)6-2-5(8(14)15)12-17-6/h3,6H,2H2,1H3,(H,14,15)(H,10,11,13). The molecular formula is C9H9N3O5. The Bertz CT molecular complexity index is 493. The molecule has 17 heavy (non-hydrogen) atoms. The molecule has 1 amide bonds. The number of carboxylic acids is 1. The van der Waals surface area contributed by atoms with Gasteiger partial charge in [-0.15, -0.1) is 0 Å². The average Bonchev–Trinajstić information content (AvgIpc) is 2.86. The fraction of sp³-hybridized carbons (Fsp3) is 0.333. The molecule has 2 N–H and O–H groups in total. The number of hydrogen-bond acceptors (Lipinski definition) is 6. The second kappa shape index (κ2) is 4.24. The molecule has 0 aromatic carbocycles. The normalized spacial score (nSPS) is 18.4. The predicted octanol–water partition coefficient (Wildman–Crippen LogP) is 0.151. The van der Waals surface area contributed by atoms with Crippen LogP contribution in [0.2, 0.25) is 0 Å². The Morgan fingerprint density at radius 3 is 2.88 bits per heavy atom. The Labute approximate surface area is 95.3 Å². The lowest BCUT2D eigenvalue weighted by Crippen LogP contribution is -2.29. The molecule has 1 atom stereocenters. The number of carbonyl (C=O) groups excluding carboxylic acids is 1. The van der Waals surface area contributed by atoms with Crippen LogP contribution in [-0.4, -0.2) is 33.8 Å². The first-order valence-corrected chi connectivity index (χ1v) is 4.75. The Morgan fingerprint density at radius 1 is 1.59 bits per heavy atom. The van der Waals surface area contributed by atoms with Gasteiger partial charge in [0.25, 0.3) is 5.91 Å². The fourth-order valence-electron chi connectivity index (χ4n) is 1.24. The van der Waals surface area contributed by atoms with Crippen molar-refractivity contribution in [3.05, 3.63) is 12.0 Å². The molecule has 90 valence electrons. The Morgan fingerprint density at radius 2 is 2.35 bits per heavy atom. The third-order valence-corrected chi connectivity index (χ3v) is 2.06. The first-order valence-electron chi connectivity index (χ1n) is 4.75. The highest BCUT2D eigenvalue weighted by Gasteiger charge is 2.32. The maximum absolute atomic E-state index is 11.6. The van der Waals surface area contributed by atoms with Gasteiger partial charge in [0.2, 0.25) is 6.10 Å². The van der Waals surface area contributed by atoms with Gasteiger partial charge in [-0.05, 0) is 6.92 Å². The average molecular weight is 239 g/mol. The highest BCUT2D eigenvalue weighted by atomic mass is 16.6. The van der Waals surface area contributed by atoms with E-state index in [1.807, 2.05) is 0 Å². The maximum atomic E-state index is 11.6. The summed E-state index contributed by atoms with van der Waals surface area (Å²) in [4.78, 5) is 30.7. The zero-order valence-electron chi connectivity index (χ0n) is 8.84. The summed E-state index contributed by atoms with van der Waals surface area (Å²) in [5.41, 5.74) is 0.434. The number of carbonyl (C=O) groups is 2. The van der Waals surface area contributed by atoms with Gasteiger partial charge in [0.15, 0.2) is 5.71 Å². The van der Waals surface area contributed by atoms with E-state index in [2.05, 4.69) is 15.5 Å². The minimum atomic E-state index is -1.20. The molecule has 0 bridgehead atoms. The quantitative estimate of drug-likeness (QED) is 0.776. The number of nitrogens with one attached hydrogen (secondary N) is 1. The van der Waals surface area contributed by atoms with Gasteiger partial charge in [-0.25, -0.2) is 4.79 Å². The number of oxime groups is 1. The van der Waals surface area contributed by atoms with Crippen LogP contribution in [0.3, 0.4) is 0 Å². The molecule has 1 aliphatic heterocycles. The summed E-state index contributed by atoms with van der Waals surface area (Å²) < 4.78 is 4.92. The van der Waals surface area contributed by atoms with Crippen LogP contribution < -0.4 is 5.32 Å². The van der Waals surface area contributed by atoms with Gasteiger partial charge in [-0.3, -0.25) is 10.1 Å². The molecule has 2 rings (SSSR count). The van der Waals surface area contributed by atoms with Crippen molar-refractivity contribution in [2.75, 3.05) is 5.32 Å². The lowest BCUT2D eigenvalue weighted by molar-refractivity contribution is -0.129. The summed E-state index contributed by atoms with van der Waals surface area (Å²) >= 11 is 0. The molecule has 0 radical (unpaired) electrons. The van der Waals surface area contributed by atoms with Crippen LogP contribution in [0.4, 0.5) is 6.01 Å². The molecule has 0 spiro atoms. The number of aryl methyl sites for hydroxylation is 1. The van der Waals surface area contributed by atoms with Crippen LogP contribution in [-0.2, 0) is 14.4 Å². The molecule has 0 fully saturated rings. The molecule has 8 nitrogen and oxygen atoms in total. The number of carboxylic acid groups (broad SMARTS) is 1. The van der Waals surface area contributed by atoms with E-state index in [-0.39, 0.29) is 18.1 Å². The maximum Gasteiger partial charge on any atom is 0.353 e. The molecule has 1 aliphatic rings. The van der Waals surface area contributed by atoms with E-state index in [1.165, 1.54) is 6.26 Å². The predicted molar refractivity (Wildman–Crippen MR) is 54.4 cm³/mol. The first-order chi connectivity index (χ1) is 8.06. The third-order valence-electron chi connectivity index (χ3n) is 2.06. The summed E-state index contributed by atoms with van der Waals surface area (Å²) in [5.74, 6) is -1.75. The summed E-state index contributed by atoms with van der Waals surface area (Å²) in [6.45, 7) is 1.71. The molecular weight excluding hydrogens is 230 g/mol. The molecule has 2 heterocycles. The SMILES string of the molecule is Cc1coc(NC(=O)C2CC(C(=O)O)=NO2)n1. The number of aromatic nitrogens is 1. The molecule has 0 saturated heterocycles. The molecule has 0 aliphatic carbocycles. The number of rotatable bonds is 3. The topological polar surface area (TPSA) is 114 Å². The first kappa shape index (κ1) is 11.1. The highest BCUT2D eigenvalue weighted by Crippen LogP contribution is 2.14. The lowest BCUT2D eigenvalue weighted by atomic mass is 10.2. The number of oxazole rings is 1. The number of amides is 1.